The molecule has 13 heteroatoms. The molecule has 224 valence electrons. The maximum absolute atomic E-state index is 13.5. The second kappa shape index (κ2) is 12.2. The smallest absolute Gasteiger partial charge is 0.406 e. The van der Waals surface area contributed by atoms with Crippen molar-refractivity contribution < 1.29 is 32.2 Å². The van der Waals surface area contributed by atoms with E-state index in [2.05, 4.69) is 24.8 Å². The first kappa shape index (κ1) is 28.3. The van der Waals surface area contributed by atoms with E-state index < -0.39 is 6.36 Å². The Bertz CT molecular complexity index is 1360. The summed E-state index contributed by atoms with van der Waals surface area (Å²) < 4.78 is 53.0. The molecule has 3 saturated heterocycles. The Morgan fingerprint density at radius 2 is 1.60 bits per heavy atom. The van der Waals surface area contributed by atoms with E-state index in [-0.39, 0.29) is 23.6 Å². The maximum atomic E-state index is 13.5. The average Bonchev–Trinajstić information content (AvgIpc) is 3.52. The van der Waals surface area contributed by atoms with E-state index in [1.807, 2.05) is 23.1 Å². The summed E-state index contributed by atoms with van der Waals surface area (Å²) in [6.45, 7) is 5.89. The van der Waals surface area contributed by atoms with E-state index >= 15 is 0 Å². The van der Waals surface area contributed by atoms with Crippen molar-refractivity contribution in [2.24, 2.45) is 0 Å². The molecule has 0 aliphatic carbocycles. The normalized spacial score (nSPS) is 21.8. The highest BCUT2D eigenvalue weighted by atomic mass is 19.4. The molecule has 0 saturated carbocycles. The zero-order chi connectivity index (χ0) is 29.1. The fourth-order valence-electron chi connectivity index (χ4n) is 5.86. The fourth-order valence-corrected chi connectivity index (χ4v) is 5.86. The third-order valence-electron chi connectivity index (χ3n) is 8.00. The molecule has 2 aromatic heterocycles. The first-order valence-electron chi connectivity index (χ1n) is 14.1. The van der Waals surface area contributed by atoms with Crippen molar-refractivity contribution in [2.45, 2.75) is 24.6 Å². The number of hydrogen-bond acceptors (Lipinski definition) is 7. The average molecular weight is 587 g/mol. The van der Waals surface area contributed by atoms with Gasteiger partial charge in [0.15, 0.2) is 0 Å². The van der Waals surface area contributed by atoms with Crippen LogP contribution in [0.25, 0.3) is 11.3 Å². The summed E-state index contributed by atoms with van der Waals surface area (Å²) >= 11 is 0. The lowest BCUT2D eigenvalue weighted by molar-refractivity contribution is -0.274. The molecule has 1 aromatic carbocycles. The van der Waals surface area contributed by atoms with Gasteiger partial charge in [-0.2, -0.15) is 5.10 Å². The number of anilines is 1. The van der Waals surface area contributed by atoms with Gasteiger partial charge in [-0.1, -0.05) is 12.1 Å². The molecule has 3 aliphatic heterocycles. The molecule has 3 fully saturated rings. The van der Waals surface area contributed by atoms with E-state index in [1.54, 1.807) is 23.2 Å². The van der Waals surface area contributed by atoms with Crippen molar-refractivity contribution in [2.75, 3.05) is 70.6 Å². The number of alkyl halides is 3. The molecular formula is C29H33F3N6O4. The number of piperidine rings is 1. The monoisotopic (exact) mass is 586 g/mol. The topological polar surface area (TPSA) is 96.1 Å². The van der Waals surface area contributed by atoms with Crippen LogP contribution in [0.5, 0.6) is 5.75 Å². The number of likely N-dealkylation sites (tertiary alicyclic amines) is 1. The number of ether oxygens (including phenoxy) is 3. The summed E-state index contributed by atoms with van der Waals surface area (Å²) in [6.07, 6.45) is -2.28. The van der Waals surface area contributed by atoms with Crippen LogP contribution in [-0.4, -0.2) is 103 Å². The molecule has 3 aliphatic rings. The number of morpholine rings is 2. The van der Waals surface area contributed by atoms with Gasteiger partial charge in [-0.05, 0) is 42.3 Å². The highest BCUT2D eigenvalue weighted by Crippen LogP contribution is 2.38. The molecule has 1 N–H and O–H groups in total. The number of H-pyrrole nitrogens is 1. The van der Waals surface area contributed by atoms with Gasteiger partial charge < -0.3 is 28.9 Å². The Balaban J connectivity index is 1.23. The number of pyridine rings is 1. The minimum Gasteiger partial charge on any atom is -0.406 e. The van der Waals surface area contributed by atoms with Gasteiger partial charge in [0.05, 0.1) is 32.1 Å². The molecule has 2 unspecified atom stereocenters. The first-order chi connectivity index (χ1) is 20.3. The summed E-state index contributed by atoms with van der Waals surface area (Å²) in [6, 6.07) is 11.8. The van der Waals surface area contributed by atoms with Crippen molar-refractivity contribution in [3.05, 3.63) is 59.9 Å². The van der Waals surface area contributed by atoms with Crippen LogP contribution in [0.2, 0.25) is 0 Å². The Morgan fingerprint density at radius 1 is 0.905 bits per heavy atom. The lowest BCUT2D eigenvalue weighted by Gasteiger charge is -2.41. The molecule has 42 heavy (non-hydrogen) atoms. The predicted octanol–water partition coefficient (Wildman–Crippen LogP) is 4.23. The van der Waals surface area contributed by atoms with Crippen molar-refractivity contribution in [3.63, 3.8) is 0 Å². The molecule has 0 radical (unpaired) electrons. The number of aromatic nitrogens is 3. The van der Waals surface area contributed by atoms with Crippen LogP contribution in [0, 0.1) is 0 Å². The minimum absolute atomic E-state index is 0.0540. The molecule has 3 aromatic rings. The lowest BCUT2D eigenvalue weighted by atomic mass is 9.83. The highest BCUT2D eigenvalue weighted by Gasteiger charge is 2.35. The quantitative estimate of drug-likeness (QED) is 0.478. The van der Waals surface area contributed by atoms with Crippen molar-refractivity contribution in [1.29, 1.82) is 0 Å². The number of benzene rings is 1. The number of nitrogens with zero attached hydrogens (tertiary/aromatic N) is 5. The molecule has 5 heterocycles. The van der Waals surface area contributed by atoms with E-state index in [9.17, 15) is 18.0 Å². The summed E-state index contributed by atoms with van der Waals surface area (Å²) in [5.74, 6) is 0.459. The van der Waals surface area contributed by atoms with Crippen molar-refractivity contribution >= 4 is 11.8 Å². The van der Waals surface area contributed by atoms with E-state index in [0.717, 1.165) is 41.4 Å². The summed E-state index contributed by atoms with van der Waals surface area (Å²) in [4.78, 5) is 23.9. The number of carbonyl (C=O) groups excluding carboxylic acids is 1. The third-order valence-corrected chi connectivity index (χ3v) is 8.00. The Morgan fingerprint density at radius 3 is 2.31 bits per heavy atom. The highest BCUT2D eigenvalue weighted by molar-refractivity contribution is 5.75. The summed E-state index contributed by atoms with van der Waals surface area (Å²) in [7, 11) is 0. The zero-order valence-corrected chi connectivity index (χ0v) is 23.1. The Hall–Kier alpha value is -3.84. The number of amides is 2. The van der Waals surface area contributed by atoms with Crippen molar-refractivity contribution in [1.82, 2.24) is 25.0 Å². The van der Waals surface area contributed by atoms with Crippen LogP contribution in [0.3, 0.4) is 0 Å². The van der Waals surface area contributed by atoms with E-state index in [1.165, 1.54) is 12.1 Å². The lowest BCUT2D eigenvalue weighted by Crippen LogP contribution is -2.52. The molecule has 0 spiro atoms. The molecule has 2 atom stereocenters. The van der Waals surface area contributed by atoms with Crippen LogP contribution < -0.4 is 9.64 Å². The van der Waals surface area contributed by atoms with Gasteiger partial charge in [-0.3, -0.25) is 5.10 Å². The van der Waals surface area contributed by atoms with Crippen LogP contribution in [0.15, 0.2) is 48.7 Å². The van der Waals surface area contributed by atoms with Crippen LogP contribution in [0.1, 0.15) is 29.5 Å². The number of hydrogen-bond donors (Lipinski definition) is 1. The number of carbonyl (C=O) groups is 1. The van der Waals surface area contributed by atoms with Gasteiger partial charge in [0.2, 0.25) is 0 Å². The maximum Gasteiger partial charge on any atom is 0.573 e. The van der Waals surface area contributed by atoms with Gasteiger partial charge in [-0.25, -0.2) is 9.78 Å². The fraction of sp³-hybridized carbons (Fsp3) is 0.483. The van der Waals surface area contributed by atoms with Gasteiger partial charge >= 0.3 is 12.4 Å². The van der Waals surface area contributed by atoms with Crippen LogP contribution in [-0.2, 0) is 9.47 Å². The molecule has 6 rings (SSSR count). The second-order valence-electron chi connectivity index (χ2n) is 10.7. The summed E-state index contributed by atoms with van der Waals surface area (Å²) in [5.41, 5.74) is 3.46. The predicted molar refractivity (Wildman–Crippen MR) is 147 cm³/mol. The number of aromatic amines is 1. The minimum atomic E-state index is -4.76. The van der Waals surface area contributed by atoms with Crippen LogP contribution >= 0.6 is 0 Å². The number of urea groups is 1. The molecule has 2 amide bonds. The number of nitrogens with one attached hydrogen (secondary N) is 1. The Kier molecular flexibility index (Phi) is 8.20. The third kappa shape index (κ3) is 6.62. The van der Waals surface area contributed by atoms with Gasteiger partial charge in [0.25, 0.3) is 0 Å². The standard InChI is InChI=1S/C29H33F3N6O4/c30-29(31,32)42-24-3-1-20(2-4-24)22-15-23(19-38(18-22)28(39)37-9-13-41-14-10-37)26-17-25(34-35-26)21-5-6-33-27(16-21)36-7-11-40-12-8-36/h1-6,16-17,22-23H,7-15,18-19H2,(H,34,35). The number of halogens is 3. The SMILES string of the molecule is O=C(N1CCOCC1)N1CC(c2ccc(OC(F)(F)F)cc2)CC(c2cc(-c3ccnc(N4CCOCC4)c3)n[nH]2)C1. The largest absolute Gasteiger partial charge is 0.573 e. The van der Waals surface area contributed by atoms with Gasteiger partial charge in [0.1, 0.15) is 11.6 Å². The first-order valence-corrected chi connectivity index (χ1v) is 14.1. The second-order valence-corrected chi connectivity index (χ2v) is 10.7. The van der Waals surface area contributed by atoms with Crippen molar-refractivity contribution in [3.8, 4) is 17.0 Å². The summed E-state index contributed by atoms with van der Waals surface area (Å²) in [5, 5.41) is 7.80. The molecule has 10 nitrogen and oxygen atoms in total. The van der Waals surface area contributed by atoms with Gasteiger partial charge in [0, 0.05) is 68.6 Å². The molecule has 0 bridgehead atoms. The van der Waals surface area contributed by atoms with Crippen LogP contribution in [0.4, 0.5) is 23.8 Å². The molecular weight excluding hydrogens is 553 g/mol. The zero-order valence-electron chi connectivity index (χ0n) is 23.1. The van der Waals surface area contributed by atoms with E-state index in [4.69, 9.17) is 9.47 Å². The number of rotatable bonds is 5. The Labute approximate surface area is 241 Å². The van der Waals surface area contributed by atoms with E-state index in [0.29, 0.717) is 59.0 Å². The van der Waals surface area contributed by atoms with Gasteiger partial charge in [-0.15, -0.1) is 13.2 Å².